The molecule has 0 radical (unpaired) electrons. The van der Waals surface area contributed by atoms with E-state index in [-0.39, 0.29) is 24.2 Å². The highest BCUT2D eigenvalue weighted by Crippen LogP contribution is 2.31. The molecule has 0 unspecified atom stereocenters. The third-order valence-electron chi connectivity index (χ3n) is 5.53. The first-order valence-corrected chi connectivity index (χ1v) is 8.81. The molecule has 0 bridgehead atoms. The van der Waals surface area contributed by atoms with E-state index in [1.807, 2.05) is 10.6 Å². The molecule has 2 saturated carbocycles. The average Bonchev–Trinajstić information content (AvgIpc) is 3.16. The van der Waals surface area contributed by atoms with Crippen molar-refractivity contribution < 1.29 is 9.90 Å². The van der Waals surface area contributed by atoms with Crippen molar-refractivity contribution in [1.29, 1.82) is 0 Å². The maximum atomic E-state index is 12.3. The fraction of sp³-hybridized carbons (Fsp3) is 0.556. The Bertz CT molecular complexity index is 826. The van der Waals surface area contributed by atoms with Crippen LogP contribution in [0, 0.1) is 0 Å². The van der Waals surface area contributed by atoms with E-state index in [0.717, 1.165) is 50.5 Å². The van der Waals surface area contributed by atoms with Gasteiger partial charge in [-0.3, -0.25) is 9.36 Å². The molecule has 24 heavy (non-hydrogen) atoms. The molecule has 2 aromatic rings. The quantitative estimate of drug-likeness (QED) is 0.802. The Balaban J connectivity index is 1.57. The summed E-state index contributed by atoms with van der Waals surface area (Å²) >= 11 is 0. The molecule has 1 aromatic carbocycles. The molecule has 1 aromatic heterocycles. The van der Waals surface area contributed by atoms with Crippen molar-refractivity contribution in [2.45, 2.75) is 56.6 Å². The maximum absolute atomic E-state index is 12.3. The van der Waals surface area contributed by atoms with Gasteiger partial charge in [0.1, 0.15) is 0 Å². The Labute approximate surface area is 139 Å². The zero-order valence-corrected chi connectivity index (χ0v) is 13.7. The molecule has 0 aliphatic heterocycles. The lowest BCUT2D eigenvalue weighted by atomic mass is 9.80. The van der Waals surface area contributed by atoms with Crippen LogP contribution in [0.25, 0.3) is 11.0 Å². The van der Waals surface area contributed by atoms with Crippen LogP contribution >= 0.6 is 0 Å². The van der Waals surface area contributed by atoms with Crippen LogP contribution in [0.5, 0.6) is 0 Å². The first kappa shape index (κ1) is 15.4. The number of imidazole rings is 1. The minimum atomic E-state index is -0.736. The predicted molar refractivity (Wildman–Crippen MR) is 91.2 cm³/mol. The number of aliphatic hydroxyl groups is 1. The summed E-state index contributed by atoms with van der Waals surface area (Å²) in [5.74, 6) is -0.216. The van der Waals surface area contributed by atoms with Crippen LogP contribution in [0.3, 0.4) is 0 Å². The zero-order valence-electron chi connectivity index (χ0n) is 13.7. The molecule has 6 heteroatoms. The predicted octanol–water partition coefficient (Wildman–Crippen LogP) is 2.09. The number of nitrogens with zero attached hydrogens (tertiary/aromatic N) is 1. The minimum Gasteiger partial charge on any atom is -0.388 e. The smallest absolute Gasteiger partial charge is 0.326 e. The summed E-state index contributed by atoms with van der Waals surface area (Å²) in [4.78, 5) is 27.5. The second kappa shape index (κ2) is 5.77. The van der Waals surface area contributed by atoms with Gasteiger partial charge in [-0.25, -0.2) is 4.79 Å². The lowest BCUT2D eigenvalue weighted by Gasteiger charge is -2.36. The van der Waals surface area contributed by atoms with Crippen LogP contribution in [0.2, 0.25) is 0 Å². The number of fused-ring (bicyclic) bond motifs is 1. The number of nitrogens with one attached hydrogen (secondary N) is 2. The topological polar surface area (TPSA) is 87.1 Å². The SMILES string of the molecule is O=C(NCC1(O)CCC1)c1ccc2c(c1)[nH]c(=O)n2C1CCCC1. The van der Waals surface area contributed by atoms with Gasteiger partial charge in [0.2, 0.25) is 0 Å². The van der Waals surface area contributed by atoms with Crippen LogP contribution < -0.4 is 11.0 Å². The van der Waals surface area contributed by atoms with E-state index in [9.17, 15) is 14.7 Å². The molecule has 6 nitrogen and oxygen atoms in total. The highest BCUT2D eigenvalue weighted by atomic mass is 16.3. The van der Waals surface area contributed by atoms with E-state index in [0.29, 0.717) is 11.1 Å². The van der Waals surface area contributed by atoms with Crippen LogP contribution in [0.4, 0.5) is 0 Å². The van der Waals surface area contributed by atoms with Gasteiger partial charge in [-0.2, -0.15) is 0 Å². The summed E-state index contributed by atoms with van der Waals surface area (Å²) in [6.45, 7) is 0.281. The molecule has 0 spiro atoms. The van der Waals surface area contributed by atoms with Crippen molar-refractivity contribution >= 4 is 16.9 Å². The summed E-state index contributed by atoms with van der Waals surface area (Å²) in [5, 5.41) is 12.9. The van der Waals surface area contributed by atoms with Crippen molar-refractivity contribution in [1.82, 2.24) is 14.9 Å². The Morgan fingerprint density at radius 2 is 2.04 bits per heavy atom. The lowest BCUT2D eigenvalue weighted by Crippen LogP contribution is -2.47. The second-order valence-corrected chi connectivity index (χ2v) is 7.23. The average molecular weight is 329 g/mol. The van der Waals surface area contributed by atoms with E-state index >= 15 is 0 Å². The van der Waals surface area contributed by atoms with Gasteiger partial charge in [-0.1, -0.05) is 12.8 Å². The molecule has 4 rings (SSSR count). The fourth-order valence-electron chi connectivity index (χ4n) is 3.91. The van der Waals surface area contributed by atoms with E-state index in [2.05, 4.69) is 10.3 Å². The number of H-pyrrole nitrogens is 1. The zero-order chi connectivity index (χ0) is 16.7. The molecule has 3 N–H and O–H groups in total. The number of aromatic amines is 1. The molecule has 1 heterocycles. The van der Waals surface area contributed by atoms with Crippen molar-refractivity contribution in [3.05, 3.63) is 34.2 Å². The number of carbonyl (C=O) groups excluding carboxylic acids is 1. The van der Waals surface area contributed by atoms with Crippen molar-refractivity contribution in [3.8, 4) is 0 Å². The van der Waals surface area contributed by atoms with E-state index < -0.39 is 5.60 Å². The number of hydrogen-bond donors (Lipinski definition) is 3. The number of aromatic nitrogens is 2. The lowest BCUT2D eigenvalue weighted by molar-refractivity contribution is -0.0300. The normalized spacial score (nSPS) is 20.2. The highest BCUT2D eigenvalue weighted by Gasteiger charge is 2.34. The molecule has 2 aliphatic rings. The Morgan fingerprint density at radius 3 is 2.71 bits per heavy atom. The van der Waals surface area contributed by atoms with Crippen molar-refractivity contribution in [3.63, 3.8) is 0 Å². The standard InChI is InChI=1S/C18H23N3O3/c22-16(19-11-18(24)8-3-9-18)12-6-7-15-14(10-12)20-17(23)21(15)13-4-1-2-5-13/h6-7,10,13,24H,1-5,8-9,11H2,(H,19,22)(H,20,23). The van der Waals surface area contributed by atoms with Crippen LogP contribution in [-0.4, -0.2) is 32.7 Å². The van der Waals surface area contributed by atoms with Gasteiger partial charge < -0.3 is 15.4 Å². The van der Waals surface area contributed by atoms with Gasteiger partial charge in [0.25, 0.3) is 5.91 Å². The first-order valence-electron chi connectivity index (χ1n) is 8.81. The number of rotatable bonds is 4. The van der Waals surface area contributed by atoms with Crippen LogP contribution in [0.1, 0.15) is 61.3 Å². The first-order chi connectivity index (χ1) is 11.6. The van der Waals surface area contributed by atoms with E-state index in [4.69, 9.17) is 0 Å². The minimum absolute atomic E-state index is 0.0989. The van der Waals surface area contributed by atoms with Gasteiger partial charge in [0, 0.05) is 18.2 Å². The highest BCUT2D eigenvalue weighted by molar-refractivity contribution is 5.97. The van der Waals surface area contributed by atoms with Crippen LogP contribution in [0.15, 0.2) is 23.0 Å². The van der Waals surface area contributed by atoms with Gasteiger partial charge >= 0.3 is 5.69 Å². The number of hydrogen-bond acceptors (Lipinski definition) is 3. The fourth-order valence-corrected chi connectivity index (χ4v) is 3.91. The van der Waals surface area contributed by atoms with Crippen molar-refractivity contribution in [2.75, 3.05) is 6.54 Å². The third kappa shape index (κ3) is 2.65. The molecule has 128 valence electrons. The molecule has 2 aliphatic carbocycles. The van der Waals surface area contributed by atoms with Crippen LogP contribution in [-0.2, 0) is 0 Å². The monoisotopic (exact) mass is 329 g/mol. The number of benzene rings is 1. The molecule has 2 fully saturated rings. The Morgan fingerprint density at radius 1 is 1.29 bits per heavy atom. The van der Waals surface area contributed by atoms with Gasteiger partial charge in [0.15, 0.2) is 0 Å². The summed E-state index contributed by atoms with van der Waals surface area (Å²) in [7, 11) is 0. The second-order valence-electron chi connectivity index (χ2n) is 7.23. The van der Waals surface area contributed by atoms with E-state index in [1.165, 1.54) is 0 Å². The molecule has 0 saturated heterocycles. The molecular weight excluding hydrogens is 306 g/mol. The van der Waals surface area contributed by atoms with Crippen molar-refractivity contribution in [2.24, 2.45) is 0 Å². The van der Waals surface area contributed by atoms with E-state index in [1.54, 1.807) is 12.1 Å². The number of amides is 1. The number of carbonyl (C=O) groups is 1. The van der Waals surface area contributed by atoms with Gasteiger partial charge in [0.05, 0.1) is 16.6 Å². The summed E-state index contributed by atoms with van der Waals surface area (Å²) in [5.41, 5.74) is 1.23. The summed E-state index contributed by atoms with van der Waals surface area (Å²) < 4.78 is 1.83. The van der Waals surface area contributed by atoms with Gasteiger partial charge in [-0.05, 0) is 50.3 Å². The molecule has 0 atom stereocenters. The molecule has 1 amide bonds. The van der Waals surface area contributed by atoms with Gasteiger partial charge in [-0.15, -0.1) is 0 Å². The maximum Gasteiger partial charge on any atom is 0.326 e. The molecular formula is C18H23N3O3. The Kier molecular flexibility index (Phi) is 3.72. The largest absolute Gasteiger partial charge is 0.388 e. The summed E-state index contributed by atoms with van der Waals surface area (Å²) in [6.07, 6.45) is 6.88. The third-order valence-corrected chi connectivity index (χ3v) is 5.53. The summed E-state index contributed by atoms with van der Waals surface area (Å²) in [6, 6.07) is 5.58. The Hall–Kier alpha value is -2.08.